The van der Waals surface area contributed by atoms with Gasteiger partial charge in [0.05, 0.1) is 6.04 Å². The van der Waals surface area contributed by atoms with Crippen LogP contribution < -0.4 is 10.1 Å². The average Bonchev–Trinajstić information content (AvgIpc) is 2.65. The van der Waals surface area contributed by atoms with Crippen molar-refractivity contribution < 1.29 is 19.1 Å². The van der Waals surface area contributed by atoms with Crippen LogP contribution in [0.4, 0.5) is 0 Å². The molecule has 2 aromatic rings. The molecule has 1 N–H and O–H groups in total. The van der Waals surface area contributed by atoms with Gasteiger partial charge in [0.1, 0.15) is 5.75 Å². The van der Waals surface area contributed by atoms with Crippen molar-refractivity contribution in [2.45, 2.75) is 39.2 Å². The van der Waals surface area contributed by atoms with Crippen LogP contribution in [0.5, 0.6) is 5.75 Å². The SMILES string of the molecule is C[C@H](NC(=O)COC(=O)COc1ccccc1C(C)(C)C)c1ccccc1. The van der Waals surface area contributed by atoms with Gasteiger partial charge in [0.2, 0.25) is 0 Å². The van der Waals surface area contributed by atoms with E-state index in [2.05, 4.69) is 26.1 Å². The summed E-state index contributed by atoms with van der Waals surface area (Å²) in [6, 6.07) is 17.0. The summed E-state index contributed by atoms with van der Waals surface area (Å²) in [5.74, 6) is -0.292. The summed E-state index contributed by atoms with van der Waals surface area (Å²) in [5, 5.41) is 2.80. The first-order chi connectivity index (χ1) is 12.8. The Balaban J connectivity index is 1.79. The fourth-order valence-electron chi connectivity index (χ4n) is 2.64. The van der Waals surface area contributed by atoms with E-state index in [-0.39, 0.29) is 30.6 Å². The van der Waals surface area contributed by atoms with Gasteiger partial charge in [-0.05, 0) is 29.5 Å². The molecule has 0 heterocycles. The molecule has 27 heavy (non-hydrogen) atoms. The quantitative estimate of drug-likeness (QED) is 0.754. The summed E-state index contributed by atoms with van der Waals surface area (Å²) in [5.41, 5.74) is 1.89. The molecular formula is C22H27NO4. The predicted molar refractivity (Wildman–Crippen MR) is 105 cm³/mol. The van der Waals surface area contributed by atoms with Crippen molar-refractivity contribution in [1.29, 1.82) is 0 Å². The van der Waals surface area contributed by atoms with Gasteiger partial charge in [0, 0.05) is 0 Å². The highest BCUT2D eigenvalue weighted by molar-refractivity contribution is 5.81. The Morgan fingerprint density at radius 2 is 1.59 bits per heavy atom. The Morgan fingerprint density at radius 1 is 0.963 bits per heavy atom. The number of hydrogen-bond acceptors (Lipinski definition) is 4. The summed E-state index contributed by atoms with van der Waals surface area (Å²) >= 11 is 0. The molecule has 0 saturated carbocycles. The lowest BCUT2D eigenvalue weighted by Gasteiger charge is -2.22. The molecule has 5 nitrogen and oxygen atoms in total. The molecule has 144 valence electrons. The van der Waals surface area contributed by atoms with Gasteiger partial charge < -0.3 is 14.8 Å². The maximum Gasteiger partial charge on any atom is 0.344 e. The number of hydrogen-bond donors (Lipinski definition) is 1. The molecule has 2 rings (SSSR count). The molecule has 0 bridgehead atoms. The van der Waals surface area contributed by atoms with Gasteiger partial charge >= 0.3 is 5.97 Å². The smallest absolute Gasteiger partial charge is 0.344 e. The van der Waals surface area contributed by atoms with Crippen LogP contribution in [-0.4, -0.2) is 25.1 Å². The minimum atomic E-state index is -0.582. The summed E-state index contributed by atoms with van der Waals surface area (Å²) in [6.07, 6.45) is 0. The van der Waals surface area contributed by atoms with Gasteiger partial charge in [-0.1, -0.05) is 69.3 Å². The van der Waals surface area contributed by atoms with Crippen LogP contribution >= 0.6 is 0 Å². The third-order valence-corrected chi connectivity index (χ3v) is 4.08. The van der Waals surface area contributed by atoms with Crippen molar-refractivity contribution in [3.63, 3.8) is 0 Å². The molecule has 5 heteroatoms. The number of carbonyl (C=O) groups excluding carboxylic acids is 2. The largest absolute Gasteiger partial charge is 0.482 e. The zero-order valence-electron chi connectivity index (χ0n) is 16.3. The summed E-state index contributed by atoms with van der Waals surface area (Å²) < 4.78 is 10.6. The van der Waals surface area contributed by atoms with E-state index >= 15 is 0 Å². The number of carbonyl (C=O) groups is 2. The van der Waals surface area contributed by atoms with Gasteiger partial charge in [0.15, 0.2) is 13.2 Å². The van der Waals surface area contributed by atoms with E-state index < -0.39 is 5.97 Å². The third kappa shape index (κ3) is 6.44. The number of nitrogens with one attached hydrogen (secondary N) is 1. The number of amides is 1. The Hall–Kier alpha value is -2.82. The highest BCUT2D eigenvalue weighted by atomic mass is 16.6. The van der Waals surface area contributed by atoms with Crippen molar-refractivity contribution >= 4 is 11.9 Å². The predicted octanol–water partition coefficient (Wildman–Crippen LogP) is 3.78. The second kappa shape index (κ2) is 9.21. The lowest BCUT2D eigenvalue weighted by molar-refractivity contribution is -0.150. The molecular weight excluding hydrogens is 342 g/mol. The van der Waals surface area contributed by atoms with Crippen LogP contribution in [0.2, 0.25) is 0 Å². The van der Waals surface area contributed by atoms with Crippen LogP contribution in [0.3, 0.4) is 0 Å². The van der Waals surface area contributed by atoms with E-state index in [0.717, 1.165) is 11.1 Å². The number of benzene rings is 2. The van der Waals surface area contributed by atoms with Crippen molar-refractivity contribution in [2.24, 2.45) is 0 Å². The van der Waals surface area contributed by atoms with E-state index in [1.165, 1.54) is 0 Å². The summed E-state index contributed by atoms with van der Waals surface area (Å²) in [4.78, 5) is 23.9. The second-order valence-electron chi connectivity index (χ2n) is 7.40. The molecule has 1 atom stereocenters. The van der Waals surface area contributed by atoms with Crippen LogP contribution in [0, 0.1) is 0 Å². The van der Waals surface area contributed by atoms with E-state index in [1.54, 1.807) is 0 Å². The fourth-order valence-corrected chi connectivity index (χ4v) is 2.64. The fraction of sp³-hybridized carbons (Fsp3) is 0.364. The van der Waals surface area contributed by atoms with Crippen LogP contribution in [0.25, 0.3) is 0 Å². The first-order valence-corrected chi connectivity index (χ1v) is 8.99. The van der Waals surface area contributed by atoms with Gasteiger partial charge in [-0.2, -0.15) is 0 Å². The van der Waals surface area contributed by atoms with Crippen molar-refractivity contribution in [3.8, 4) is 5.75 Å². The summed E-state index contributed by atoms with van der Waals surface area (Å²) in [7, 11) is 0. The zero-order chi connectivity index (χ0) is 19.9. The molecule has 0 aliphatic heterocycles. The Bertz CT molecular complexity index is 765. The van der Waals surface area contributed by atoms with Gasteiger partial charge in [-0.25, -0.2) is 4.79 Å². The maximum absolute atomic E-state index is 12.0. The zero-order valence-corrected chi connectivity index (χ0v) is 16.3. The normalized spacial score (nSPS) is 12.1. The van der Waals surface area contributed by atoms with E-state index in [4.69, 9.17) is 9.47 Å². The van der Waals surface area contributed by atoms with Crippen LogP contribution in [0.15, 0.2) is 54.6 Å². The topological polar surface area (TPSA) is 64.6 Å². The highest BCUT2D eigenvalue weighted by Crippen LogP contribution is 2.30. The molecule has 2 aromatic carbocycles. The van der Waals surface area contributed by atoms with Gasteiger partial charge in [0.25, 0.3) is 5.91 Å². The molecule has 0 unspecified atom stereocenters. The number of para-hydroxylation sites is 1. The second-order valence-corrected chi connectivity index (χ2v) is 7.40. The van der Waals surface area contributed by atoms with Crippen LogP contribution in [-0.2, 0) is 19.7 Å². The first-order valence-electron chi connectivity index (χ1n) is 8.99. The van der Waals surface area contributed by atoms with Crippen molar-refractivity contribution in [2.75, 3.05) is 13.2 Å². The Kier molecular flexibility index (Phi) is 6.99. The minimum absolute atomic E-state index is 0.103. The van der Waals surface area contributed by atoms with Gasteiger partial charge in [-0.15, -0.1) is 0 Å². The average molecular weight is 369 g/mol. The molecule has 0 aliphatic carbocycles. The number of rotatable bonds is 7. The first kappa shape index (κ1) is 20.5. The van der Waals surface area contributed by atoms with Crippen molar-refractivity contribution in [1.82, 2.24) is 5.32 Å². The molecule has 1 amide bonds. The minimum Gasteiger partial charge on any atom is -0.482 e. The molecule has 0 aromatic heterocycles. The number of ether oxygens (including phenoxy) is 2. The lowest BCUT2D eigenvalue weighted by Crippen LogP contribution is -2.32. The Labute approximate surface area is 160 Å². The third-order valence-electron chi connectivity index (χ3n) is 4.08. The number of esters is 1. The van der Waals surface area contributed by atoms with Crippen LogP contribution in [0.1, 0.15) is 44.9 Å². The standard InChI is InChI=1S/C22H27NO4/c1-16(17-10-6-5-7-11-17)23-20(24)14-27-21(25)15-26-19-13-9-8-12-18(19)22(2,3)4/h5-13,16H,14-15H2,1-4H3,(H,23,24)/t16-/m0/s1. The molecule has 0 saturated heterocycles. The monoisotopic (exact) mass is 369 g/mol. The lowest BCUT2D eigenvalue weighted by atomic mass is 9.86. The van der Waals surface area contributed by atoms with E-state index in [9.17, 15) is 9.59 Å². The maximum atomic E-state index is 12.0. The van der Waals surface area contributed by atoms with Crippen molar-refractivity contribution in [3.05, 3.63) is 65.7 Å². The van der Waals surface area contributed by atoms with Gasteiger partial charge in [-0.3, -0.25) is 4.79 Å². The van der Waals surface area contributed by atoms with E-state index in [0.29, 0.717) is 5.75 Å². The molecule has 0 fully saturated rings. The Morgan fingerprint density at radius 3 is 2.26 bits per heavy atom. The molecule has 0 radical (unpaired) electrons. The van der Waals surface area contributed by atoms with E-state index in [1.807, 2.05) is 61.5 Å². The molecule has 0 spiro atoms. The summed E-state index contributed by atoms with van der Waals surface area (Å²) in [6.45, 7) is 7.53. The molecule has 0 aliphatic rings. The highest BCUT2D eigenvalue weighted by Gasteiger charge is 2.19.